The topological polar surface area (TPSA) is 62.5 Å². The minimum Gasteiger partial charge on any atom is -0.375 e. The number of piperazine rings is 1. The number of aromatic nitrogens is 1. The normalized spacial score (nSPS) is 14.4. The van der Waals surface area contributed by atoms with Gasteiger partial charge in [0.1, 0.15) is 4.88 Å². The number of nitrogens with zero attached hydrogens (tertiary/aromatic N) is 3. The predicted octanol–water partition coefficient (Wildman–Crippen LogP) is 3.66. The molecule has 1 aromatic heterocycles. The van der Waals surface area contributed by atoms with Crippen LogP contribution in [0.4, 0.5) is 10.8 Å². The van der Waals surface area contributed by atoms with Crippen molar-refractivity contribution in [2.45, 2.75) is 6.92 Å². The molecule has 2 N–H and O–H groups in total. The average Bonchev–Trinajstić information content (AvgIpc) is 3.10. The van der Waals surface area contributed by atoms with Gasteiger partial charge < -0.3 is 15.5 Å². The molecule has 1 fully saturated rings. The average molecular weight is 379 g/mol. The van der Waals surface area contributed by atoms with Gasteiger partial charge in [0, 0.05) is 37.4 Å². The van der Waals surface area contributed by atoms with Gasteiger partial charge in [-0.1, -0.05) is 53.8 Å². The van der Waals surface area contributed by atoms with Crippen molar-refractivity contribution >= 4 is 28.1 Å². The first-order valence-corrected chi connectivity index (χ1v) is 9.86. The quantitative estimate of drug-likeness (QED) is 0.755. The van der Waals surface area contributed by atoms with Gasteiger partial charge in [-0.15, -0.1) is 0 Å². The number of carbonyl (C=O) groups excluding carboxylic acids is 1. The fourth-order valence-corrected chi connectivity index (χ4v) is 4.23. The number of hydrogen-bond donors (Lipinski definition) is 1. The maximum atomic E-state index is 13.1. The van der Waals surface area contributed by atoms with E-state index < -0.39 is 0 Å². The molecule has 0 aliphatic carbocycles. The summed E-state index contributed by atoms with van der Waals surface area (Å²) in [6.45, 7) is 5.13. The van der Waals surface area contributed by atoms with Crippen LogP contribution in [0.2, 0.25) is 0 Å². The van der Waals surface area contributed by atoms with E-state index in [9.17, 15) is 4.79 Å². The molecule has 0 saturated carbocycles. The first-order valence-electron chi connectivity index (χ1n) is 9.04. The van der Waals surface area contributed by atoms with Gasteiger partial charge in [0.25, 0.3) is 5.91 Å². The minimum absolute atomic E-state index is 0.0203. The third kappa shape index (κ3) is 3.66. The van der Waals surface area contributed by atoms with Crippen LogP contribution in [-0.4, -0.2) is 42.0 Å². The molecule has 1 aliphatic heterocycles. The van der Waals surface area contributed by atoms with E-state index in [1.165, 1.54) is 22.6 Å². The molecule has 0 unspecified atom stereocenters. The summed E-state index contributed by atoms with van der Waals surface area (Å²) in [7, 11) is 0. The van der Waals surface area contributed by atoms with E-state index in [0.29, 0.717) is 28.8 Å². The van der Waals surface area contributed by atoms with Gasteiger partial charge in [-0.2, -0.15) is 0 Å². The lowest BCUT2D eigenvalue weighted by molar-refractivity contribution is 0.0752. The van der Waals surface area contributed by atoms with Gasteiger partial charge in [0.2, 0.25) is 0 Å². The van der Waals surface area contributed by atoms with Crippen LogP contribution in [0, 0.1) is 6.92 Å². The third-order valence-corrected chi connectivity index (χ3v) is 5.69. The summed E-state index contributed by atoms with van der Waals surface area (Å²) in [5.74, 6) is 0.0203. The van der Waals surface area contributed by atoms with Crippen molar-refractivity contribution in [2.75, 3.05) is 36.8 Å². The van der Waals surface area contributed by atoms with Crippen molar-refractivity contribution in [2.24, 2.45) is 0 Å². The van der Waals surface area contributed by atoms with E-state index in [4.69, 9.17) is 5.73 Å². The zero-order chi connectivity index (χ0) is 18.8. The van der Waals surface area contributed by atoms with E-state index >= 15 is 0 Å². The number of nitrogens with two attached hydrogens (primary N) is 1. The SMILES string of the molecule is Cc1cccc(N2CCN(C(=O)c3sc(N)nc3-c3ccccc3)CC2)c1. The Balaban J connectivity index is 1.51. The first-order chi connectivity index (χ1) is 13.1. The van der Waals surface area contributed by atoms with Gasteiger partial charge in [-0.25, -0.2) is 4.98 Å². The molecule has 5 nitrogen and oxygen atoms in total. The van der Waals surface area contributed by atoms with Crippen LogP contribution in [0.15, 0.2) is 54.6 Å². The lowest BCUT2D eigenvalue weighted by Gasteiger charge is -2.36. The summed E-state index contributed by atoms with van der Waals surface area (Å²) in [5.41, 5.74) is 10.00. The van der Waals surface area contributed by atoms with Crippen molar-refractivity contribution in [1.82, 2.24) is 9.88 Å². The van der Waals surface area contributed by atoms with E-state index in [1.807, 2.05) is 35.2 Å². The van der Waals surface area contributed by atoms with Crippen LogP contribution in [0.1, 0.15) is 15.2 Å². The predicted molar refractivity (Wildman–Crippen MR) is 111 cm³/mol. The van der Waals surface area contributed by atoms with Gasteiger partial charge in [-0.05, 0) is 24.6 Å². The molecule has 0 bridgehead atoms. The highest BCUT2D eigenvalue weighted by Gasteiger charge is 2.27. The monoisotopic (exact) mass is 378 g/mol. The standard InChI is InChI=1S/C21H22N4OS/c1-15-6-5-9-17(14-15)24-10-12-25(13-11-24)20(26)19-18(23-21(22)27-19)16-7-3-2-4-8-16/h2-9,14H,10-13H2,1H3,(H2,22,23). The number of aryl methyl sites for hydroxylation is 1. The molecule has 1 amide bonds. The summed E-state index contributed by atoms with van der Waals surface area (Å²) >= 11 is 1.27. The lowest BCUT2D eigenvalue weighted by Crippen LogP contribution is -2.48. The van der Waals surface area contributed by atoms with Crippen LogP contribution in [-0.2, 0) is 0 Å². The Morgan fingerprint density at radius 2 is 1.78 bits per heavy atom. The second-order valence-electron chi connectivity index (χ2n) is 6.71. The van der Waals surface area contributed by atoms with Gasteiger partial charge >= 0.3 is 0 Å². The van der Waals surface area contributed by atoms with Crippen LogP contribution in [0.25, 0.3) is 11.3 Å². The molecule has 0 radical (unpaired) electrons. The molecule has 0 spiro atoms. The van der Waals surface area contributed by atoms with Crippen molar-refractivity contribution in [3.05, 3.63) is 65.0 Å². The number of nitrogen functional groups attached to an aromatic ring is 1. The summed E-state index contributed by atoms with van der Waals surface area (Å²) in [4.78, 5) is 22.4. The summed E-state index contributed by atoms with van der Waals surface area (Å²) in [6.07, 6.45) is 0. The van der Waals surface area contributed by atoms with E-state index in [1.54, 1.807) is 0 Å². The Kier molecular flexibility index (Phi) is 4.81. The van der Waals surface area contributed by atoms with Crippen molar-refractivity contribution < 1.29 is 4.79 Å². The largest absolute Gasteiger partial charge is 0.375 e. The highest BCUT2D eigenvalue weighted by Crippen LogP contribution is 2.31. The Hall–Kier alpha value is -2.86. The van der Waals surface area contributed by atoms with Crippen molar-refractivity contribution in [3.8, 4) is 11.3 Å². The third-order valence-electron chi connectivity index (χ3n) is 4.82. The highest BCUT2D eigenvalue weighted by atomic mass is 32.1. The van der Waals surface area contributed by atoms with Crippen LogP contribution < -0.4 is 10.6 Å². The number of carbonyl (C=O) groups is 1. The Bertz CT molecular complexity index is 946. The lowest BCUT2D eigenvalue weighted by atomic mass is 10.1. The summed E-state index contributed by atoms with van der Waals surface area (Å²) in [5, 5.41) is 0.426. The molecule has 27 heavy (non-hydrogen) atoms. The molecule has 138 valence electrons. The number of rotatable bonds is 3. The Morgan fingerprint density at radius 1 is 1.04 bits per heavy atom. The zero-order valence-electron chi connectivity index (χ0n) is 15.3. The Labute approximate surface area is 163 Å². The highest BCUT2D eigenvalue weighted by molar-refractivity contribution is 7.17. The number of anilines is 2. The van der Waals surface area contributed by atoms with E-state index in [-0.39, 0.29) is 5.91 Å². The number of thiazole rings is 1. The second-order valence-corrected chi connectivity index (χ2v) is 7.74. The fourth-order valence-electron chi connectivity index (χ4n) is 3.41. The van der Waals surface area contributed by atoms with Crippen LogP contribution >= 0.6 is 11.3 Å². The van der Waals surface area contributed by atoms with Gasteiger partial charge in [0.15, 0.2) is 5.13 Å². The minimum atomic E-state index is 0.0203. The maximum absolute atomic E-state index is 13.1. The molecule has 6 heteroatoms. The molecule has 2 heterocycles. The molecular weight excluding hydrogens is 356 g/mol. The molecule has 3 aromatic rings. The first kappa shape index (κ1) is 17.5. The molecule has 1 aliphatic rings. The van der Waals surface area contributed by atoms with Crippen molar-refractivity contribution in [1.29, 1.82) is 0 Å². The molecule has 4 rings (SSSR count). The zero-order valence-corrected chi connectivity index (χ0v) is 16.1. The number of amides is 1. The van der Waals surface area contributed by atoms with E-state index in [0.717, 1.165) is 18.7 Å². The van der Waals surface area contributed by atoms with Gasteiger partial charge in [-0.3, -0.25) is 4.79 Å². The van der Waals surface area contributed by atoms with Crippen LogP contribution in [0.5, 0.6) is 0 Å². The van der Waals surface area contributed by atoms with Crippen LogP contribution in [0.3, 0.4) is 0 Å². The molecular formula is C21H22N4OS. The smallest absolute Gasteiger partial charge is 0.266 e. The molecule has 1 saturated heterocycles. The number of benzene rings is 2. The van der Waals surface area contributed by atoms with Gasteiger partial charge in [0.05, 0.1) is 5.69 Å². The summed E-state index contributed by atoms with van der Waals surface area (Å²) < 4.78 is 0. The number of hydrogen-bond acceptors (Lipinski definition) is 5. The molecule has 2 aromatic carbocycles. The van der Waals surface area contributed by atoms with Crippen molar-refractivity contribution in [3.63, 3.8) is 0 Å². The maximum Gasteiger partial charge on any atom is 0.266 e. The fraction of sp³-hybridized carbons (Fsp3) is 0.238. The van der Waals surface area contributed by atoms with E-state index in [2.05, 4.69) is 41.1 Å². The Morgan fingerprint density at radius 3 is 2.48 bits per heavy atom. The summed E-state index contributed by atoms with van der Waals surface area (Å²) in [6, 6.07) is 18.3. The second kappa shape index (κ2) is 7.40. The molecule has 0 atom stereocenters.